The first-order chi connectivity index (χ1) is 9.84. The summed E-state index contributed by atoms with van der Waals surface area (Å²) in [7, 11) is -3.80. The molecule has 0 heterocycles. The molecule has 0 saturated carbocycles. The number of likely N-dealkylation sites (N-methyl/N-ethyl adjacent to an activating group) is 1. The molecule has 118 valence electrons. The van der Waals surface area contributed by atoms with E-state index in [1.54, 1.807) is 6.92 Å². The van der Waals surface area contributed by atoms with Gasteiger partial charge in [-0.1, -0.05) is 6.92 Å². The lowest BCUT2D eigenvalue weighted by molar-refractivity contribution is -0.384. The van der Waals surface area contributed by atoms with Gasteiger partial charge in [0, 0.05) is 31.8 Å². The fourth-order valence-corrected chi connectivity index (χ4v) is 3.31. The molecule has 2 N–H and O–H groups in total. The number of anilines is 1. The van der Waals surface area contributed by atoms with Gasteiger partial charge in [-0.25, -0.2) is 8.42 Å². The Morgan fingerprint density at radius 2 is 2.05 bits per heavy atom. The van der Waals surface area contributed by atoms with Crippen molar-refractivity contribution in [3.8, 4) is 0 Å². The summed E-state index contributed by atoms with van der Waals surface area (Å²) in [5.74, 6) is 0. The van der Waals surface area contributed by atoms with Gasteiger partial charge in [0.15, 0.2) is 0 Å². The van der Waals surface area contributed by atoms with Crippen LogP contribution >= 0.6 is 0 Å². The van der Waals surface area contributed by atoms with Crippen LogP contribution in [0.25, 0.3) is 0 Å². The third-order valence-corrected chi connectivity index (χ3v) is 4.91. The van der Waals surface area contributed by atoms with Crippen molar-refractivity contribution >= 4 is 21.4 Å². The number of hydrogen-bond donors (Lipinski definition) is 1. The fourth-order valence-electron chi connectivity index (χ4n) is 1.78. The van der Waals surface area contributed by atoms with Gasteiger partial charge >= 0.3 is 0 Å². The molecule has 9 heteroatoms. The van der Waals surface area contributed by atoms with Crippen LogP contribution in [0, 0.1) is 10.1 Å². The molecule has 0 radical (unpaired) electrons. The van der Waals surface area contributed by atoms with Crippen LogP contribution in [0.5, 0.6) is 0 Å². The Hall–Kier alpha value is -1.71. The van der Waals surface area contributed by atoms with Crippen molar-refractivity contribution in [2.75, 3.05) is 32.0 Å². The number of rotatable bonds is 8. The first kappa shape index (κ1) is 17.3. The number of hydrogen-bond acceptors (Lipinski definition) is 6. The molecule has 0 aliphatic carbocycles. The number of ether oxygens (including phenoxy) is 1. The van der Waals surface area contributed by atoms with E-state index >= 15 is 0 Å². The van der Waals surface area contributed by atoms with Crippen molar-refractivity contribution in [2.24, 2.45) is 0 Å². The Morgan fingerprint density at radius 1 is 1.38 bits per heavy atom. The number of nitrogens with two attached hydrogens (primary N) is 1. The highest BCUT2D eigenvalue weighted by Gasteiger charge is 2.26. The van der Waals surface area contributed by atoms with Gasteiger partial charge in [-0.15, -0.1) is 0 Å². The summed E-state index contributed by atoms with van der Waals surface area (Å²) in [6.07, 6.45) is 0. The van der Waals surface area contributed by atoms with Gasteiger partial charge in [0.2, 0.25) is 10.0 Å². The maximum Gasteiger partial charge on any atom is 0.271 e. The van der Waals surface area contributed by atoms with Crippen molar-refractivity contribution in [2.45, 2.75) is 18.7 Å². The Morgan fingerprint density at radius 3 is 2.52 bits per heavy atom. The molecular weight excluding hydrogens is 298 g/mol. The minimum absolute atomic E-state index is 0.133. The second kappa shape index (κ2) is 7.34. The average molecular weight is 317 g/mol. The van der Waals surface area contributed by atoms with Crippen LogP contribution in [-0.2, 0) is 14.8 Å². The smallest absolute Gasteiger partial charge is 0.271 e. The lowest BCUT2D eigenvalue weighted by Gasteiger charge is -2.21. The molecule has 1 aromatic carbocycles. The van der Waals surface area contributed by atoms with Crippen LogP contribution in [0.3, 0.4) is 0 Å². The van der Waals surface area contributed by atoms with Crippen molar-refractivity contribution in [1.29, 1.82) is 0 Å². The summed E-state index contributed by atoms with van der Waals surface area (Å²) in [5.41, 5.74) is 5.26. The van der Waals surface area contributed by atoms with E-state index < -0.39 is 14.9 Å². The number of sulfonamides is 1. The average Bonchev–Trinajstić information content (AvgIpc) is 2.42. The van der Waals surface area contributed by atoms with Gasteiger partial charge in [0.05, 0.1) is 17.2 Å². The lowest BCUT2D eigenvalue weighted by Crippen LogP contribution is -2.34. The molecular formula is C12H19N3O5S. The molecule has 1 aromatic rings. The number of nitrogens with zero attached hydrogens (tertiary/aromatic N) is 2. The molecule has 0 amide bonds. The molecule has 1 rings (SSSR count). The van der Waals surface area contributed by atoms with E-state index in [-0.39, 0.29) is 36.0 Å². The number of non-ortho nitro benzene ring substituents is 1. The van der Waals surface area contributed by atoms with Gasteiger partial charge in [-0.3, -0.25) is 10.1 Å². The number of nitro benzene ring substituents is 1. The predicted molar refractivity (Wildman–Crippen MR) is 78.4 cm³/mol. The standard InChI is InChI=1S/C12H19N3O5S/c1-3-14(7-8-20-4-2)21(18,19)12-6-5-10(15(16)17)9-11(12)13/h5-6,9H,3-4,7-8,13H2,1-2H3. The molecule has 0 fully saturated rings. The molecule has 0 aliphatic rings. The minimum atomic E-state index is -3.80. The largest absolute Gasteiger partial charge is 0.397 e. The summed E-state index contributed by atoms with van der Waals surface area (Å²) in [4.78, 5) is 9.89. The second-order valence-corrected chi connectivity index (χ2v) is 6.08. The van der Waals surface area contributed by atoms with Gasteiger partial charge < -0.3 is 10.5 Å². The number of nitro groups is 1. The van der Waals surface area contributed by atoms with E-state index in [4.69, 9.17) is 10.5 Å². The summed E-state index contributed by atoms with van der Waals surface area (Å²) < 4.78 is 31.3. The van der Waals surface area contributed by atoms with Crippen molar-refractivity contribution < 1.29 is 18.1 Å². The van der Waals surface area contributed by atoms with Crippen molar-refractivity contribution in [3.63, 3.8) is 0 Å². The first-order valence-corrected chi connectivity index (χ1v) is 7.90. The molecule has 21 heavy (non-hydrogen) atoms. The zero-order chi connectivity index (χ0) is 16.0. The summed E-state index contributed by atoms with van der Waals surface area (Å²) in [5, 5.41) is 10.7. The summed E-state index contributed by atoms with van der Waals surface area (Å²) in [6.45, 7) is 4.74. The predicted octanol–water partition coefficient (Wildman–Crippen LogP) is 1.22. The quantitative estimate of drug-likeness (QED) is 0.333. The third kappa shape index (κ3) is 4.13. The maximum atomic E-state index is 12.5. The first-order valence-electron chi connectivity index (χ1n) is 6.46. The zero-order valence-electron chi connectivity index (χ0n) is 12.0. The molecule has 8 nitrogen and oxygen atoms in total. The van der Waals surface area contributed by atoms with Crippen molar-refractivity contribution in [1.82, 2.24) is 4.31 Å². The number of benzene rings is 1. The van der Waals surface area contributed by atoms with Gasteiger partial charge in [-0.2, -0.15) is 4.31 Å². The molecule has 0 unspecified atom stereocenters. The second-order valence-electron chi connectivity index (χ2n) is 4.17. The molecule has 0 saturated heterocycles. The van der Waals surface area contributed by atoms with Gasteiger partial charge in [0.25, 0.3) is 5.69 Å². The van der Waals surface area contributed by atoms with E-state index in [0.717, 1.165) is 18.2 Å². The molecule has 0 atom stereocenters. The summed E-state index contributed by atoms with van der Waals surface area (Å²) in [6, 6.07) is 3.33. The Bertz CT molecular complexity index is 603. The Balaban J connectivity index is 3.08. The molecule has 0 aliphatic heterocycles. The van der Waals surface area contributed by atoms with Crippen LogP contribution in [0.4, 0.5) is 11.4 Å². The van der Waals surface area contributed by atoms with E-state index in [1.807, 2.05) is 6.92 Å². The van der Waals surface area contributed by atoms with Crippen LogP contribution in [0.1, 0.15) is 13.8 Å². The zero-order valence-corrected chi connectivity index (χ0v) is 12.8. The number of nitrogen functional groups attached to an aromatic ring is 1. The Kier molecular flexibility index (Phi) is 6.06. The fraction of sp³-hybridized carbons (Fsp3) is 0.500. The lowest BCUT2D eigenvalue weighted by atomic mass is 10.3. The monoisotopic (exact) mass is 317 g/mol. The third-order valence-electron chi connectivity index (χ3n) is 2.86. The van der Waals surface area contributed by atoms with E-state index in [0.29, 0.717) is 6.61 Å². The highest BCUT2D eigenvalue weighted by atomic mass is 32.2. The molecule has 0 aromatic heterocycles. The molecule has 0 spiro atoms. The van der Waals surface area contributed by atoms with Crippen LogP contribution in [-0.4, -0.2) is 43.9 Å². The topological polar surface area (TPSA) is 116 Å². The van der Waals surface area contributed by atoms with Crippen LogP contribution in [0.2, 0.25) is 0 Å². The normalized spacial score (nSPS) is 11.8. The van der Waals surface area contributed by atoms with Crippen LogP contribution in [0.15, 0.2) is 23.1 Å². The van der Waals surface area contributed by atoms with Gasteiger partial charge in [0.1, 0.15) is 4.90 Å². The summed E-state index contributed by atoms with van der Waals surface area (Å²) >= 11 is 0. The molecule has 0 bridgehead atoms. The van der Waals surface area contributed by atoms with Gasteiger partial charge in [-0.05, 0) is 13.0 Å². The Labute approximate surface area is 123 Å². The van der Waals surface area contributed by atoms with E-state index in [2.05, 4.69) is 0 Å². The SMILES string of the molecule is CCOCCN(CC)S(=O)(=O)c1ccc([N+](=O)[O-])cc1N. The highest BCUT2D eigenvalue weighted by Crippen LogP contribution is 2.26. The van der Waals surface area contributed by atoms with Crippen molar-refractivity contribution in [3.05, 3.63) is 28.3 Å². The van der Waals surface area contributed by atoms with Crippen LogP contribution < -0.4 is 5.73 Å². The van der Waals surface area contributed by atoms with E-state index in [1.165, 1.54) is 4.31 Å². The minimum Gasteiger partial charge on any atom is -0.397 e. The highest BCUT2D eigenvalue weighted by molar-refractivity contribution is 7.89. The van der Waals surface area contributed by atoms with E-state index in [9.17, 15) is 18.5 Å². The maximum absolute atomic E-state index is 12.5.